The fraction of sp³-hybridized carbons (Fsp3) is 0.292. The number of benzene rings is 2. The van der Waals surface area contributed by atoms with Crippen molar-refractivity contribution in [2.24, 2.45) is 0 Å². The molecule has 30 heavy (non-hydrogen) atoms. The maximum Gasteiger partial charge on any atom is 0.251 e. The highest BCUT2D eigenvalue weighted by Gasteiger charge is 2.20. The Hall–Kier alpha value is -3.25. The van der Waals surface area contributed by atoms with Crippen LogP contribution in [0.2, 0.25) is 0 Å². The Balaban J connectivity index is 1.53. The number of hydrogen-bond acceptors (Lipinski definition) is 5. The van der Waals surface area contributed by atoms with E-state index in [-0.39, 0.29) is 5.91 Å². The monoisotopic (exact) mass is 402 g/mol. The zero-order valence-corrected chi connectivity index (χ0v) is 17.1. The highest BCUT2D eigenvalue weighted by molar-refractivity contribution is 5.96. The van der Waals surface area contributed by atoms with Gasteiger partial charge in [0, 0.05) is 36.8 Å². The minimum Gasteiger partial charge on any atom is -0.382 e. The maximum atomic E-state index is 12.6. The second kappa shape index (κ2) is 9.05. The molecule has 1 aromatic heterocycles. The van der Waals surface area contributed by atoms with Crippen molar-refractivity contribution in [2.45, 2.75) is 32.2 Å². The molecule has 3 aromatic rings. The van der Waals surface area contributed by atoms with E-state index in [9.17, 15) is 4.79 Å². The molecule has 154 valence electrons. The van der Waals surface area contributed by atoms with Gasteiger partial charge in [-0.1, -0.05) is 36.4 Å². The minimum atomic E-state index is -0.0992. The van der Waals surface area contributed by atoms with Crippen molar-refractivity contribution in [1.82, 2.24) is 15.3 Å². The van der Waals surface area contributed by atoms with Gasteiger partial charge in [0.15, 0.2) is 0 Å². The first-order valence-electron chi connectivity index (χ1n) is 10.2. The molecular formula is C24H26N4O2. The average molecular weight is 402 g/mol. The predicted molar refractivity (Wildman–Crippen MR) is 117 cm³/mol. The molecule has 1 saturated heterocycles. The highest BCUT2D eigenvalue weighted by Crippen LogP contribution is 2.30. The van der Waals surface area contributed by atoms with Crippen LogP contribution in [-0.2, 0) is 11.3 Å². The fourth-order valence-electron chi connectivity index (χ4n) is 3.75. The molecule has 0 aliphatic carbocycles. The molecule has 0 saturated carbocycles. The van der Waals surface area contributed by atoms with E-state index in [2.05, 4.69) is 10.3 Å². The number of nitrogens with one attached hydrogen (secondary N) is 1. The molecule has 6 nitrogen and oxygen atoms in total. The molecule has 6 heteroatoms. The summed E-state index contributed by atoms with van der Waals surface area (Å²) >= 11 is 0. The highest BCUT2D eigenvalue weighted by atomic mass is 16.5. The molecule has 4 rings (SSSR count). The number of amides is 1. The summed E-state index contributed by atoms with van der Waals surface area (Å²) in [6, 6.07) is 15.5. The molecule has 0 bridgehead atoms. The second-order valence-electron chi connectivity index (χ2n) is 7.61. The van der Waals surface area contributed by atoms with Crippen LogP contribution in [-0.4, -0.2) is 29.1 Å². The van der Waals surface area contributed by atoms with Crippen LogP contribution in [0.1, 0.15) is 45.9 Å². The first kappa shape index (κ1) is 20.0. The van der Waals surface area contributed by atoms with Gasteiger partial charge in [-0.05, 0) is 43.0 Å². The Morgan fingerprint density at radius 1 is 1.17 bits per heavy atom. The van der Waals surface area contributed by atoms with Gasteiger partial charge in [-0.25, -0.2) is 9.97 Å². The summed E-state index contributed by atoms with van der Waals surface area (Å²) in [5.41, 5.74) is 11.2. The van der Waals surface area contributed by atoms with Crippen LogP contribution < -0.4 is 11.1 Å². The Morgan fingerprint density at radius 3 is 2.67 bits per heavy atom. The number of aryl methyl sites for hydroxylation is 1. The van der Waals surface area contributed by atoms with Gasteiger partial charge in [-0.2, -0.15) is 0 Å². The van der Waals surface area contributed by atoms with Crippen molar-refractivity contribution in [2.75, 3.05) is 18.9 Å². The van der Waals surface area contributed by atoms with Gasteiger partial charge in [0.2, 0.25) is 0 Å². The molecule has 0 atom stereocenters. The van der Waals surface area contributed by atoms with E-state index in [1.54, 1.807) is 6.20 Å². The summed E-state index contributed by atoms with van der Waals surface area (Å²) in [5, 5.41) is 2.98. The maximum absolute atomic E-state index is 12.6. The van der Waals surface area contributed by atoms with Crippen LogP contribution in [0, 0.1) is 6.92 Å². The van der Waals surface area contributed by atoms with Crippen LogP contribution in [0.3, 0.4) is 0 Å². The van der Waals surface area contributed by atoms with Crippen molar-refractivity contribution >= 4 is 11.7 Å². The lowest BCUT2D eigenvalue weighted by Gasteiger charge is -2.22. The third-order valence-corrected chi connectivity index (χ3v) is 5.50. The average Bonchev–Trinajstić information content (AvgIpc) is 2.79. The summed E-state index contributed by atoms with van der Waals surface area (Å²) in [6.07, 6.45) is 3.66. The zero-order chi connectivity index (χ0) is 20.9. The Labute approximate surface area is 176 Å². The number of nitrogen functional groups attached to an aromatic ring is 1. The number of aromatic nitrogens is 2. The molecular weight excluding hydrogens is 376 g/mol. The molecule has 0 unspecified atom stereocenters. The summed E-state index contributed by atoms with van der Waals surface area (Å²) in [5.74, 6) is 0.638. The first-order chi connectivity index (χ1) is 14.6. The molecule has 1 amide bonds. The third-order valence-electron chi connectivity index (χ3n) is 5.50. The third kappa shape index (κ3) is 4.49. The van der Waals surface area contributed by atoms with E-state index in [1.807, 2.05) is 55.5 Å². The predicted octanol–water partition coefficient (Wildman–Crippen LogP) is 3.86. The fourth-order valence-corrected chi connectivity index (χ4v) is 3.75. The summed E-state index contributed by atoms with van der Waals surface area (Å²) < 4.78 is 5.45. The van der Waals surface area contributed by atoms with Gasteiger partial charge in [0.25, 0.3) is 5.91 Å². The first-order valence-corrected chi connectivity index (χ1v) is 10.2. The Kier molecular flexibility index (Phi) is 6.05. The van der Waals surface area contributed by atoms with Crippen LogP contribution in [0.25, 0.3) is 11.3 Å². The van der Waals surface area contributed by atoms with Crippen molar-refractivity contribution in [3.63, 3.8) is 0 Å². The van der Waals surface area contributed by atoms with Gasteiger partial charge < -0.3 is 15.8 Å². The molecule has 2 aromatic carbocycles. The number of anilines is 1. The molecule has 0 radical (unpaired) electrons. The normalized spacial score (nSPS) is 14.4. The number of rotatable bonds is 5. The molecule has 3 N–H and O–H groups in total. The van der Waals surface area contributed by atoms with E-state index < -0.39 is 0 Å². The number of hydrogen-bond donors (Lipinski definition) is 2. The van der Waals surface area contributed by atoms with Crippen LogP contribution in [0.15, 0.2) is 54.7 Å². The van der Waals surface area contributed by atoms with E-state index in [0.29, 0.717) is 29.5 Å². The van der Waals surface area contributed by atoms with Crippen molar-refractivity contribution in [1.29, 1.82) is 0 Å². The van der Waals surface area contributed by atoms with E-state index >= 15 is 0 Å². The van der Waals surface area contributed by atoms with Crippen molar-refractivity contribution in [3.05, 3.63) is 77.1 Å². The SMILES string of the molecule is Cc1cc(-c2nc(C3CCOCC3)cnc2N)ccc1C(=O)NCc1ccccc1. The Morgan fingerprint density at radius 2 is 1.93 bits per heavy atom. The lowest BCUT2D eigenvalue weighted by Crippen LogP contribution is -2.23. The lowest BCUT2D eigenvalue weighted by atomic mass is 9.96. The van der Waals surface area contributed by atoms with Crippen molar-refractivity contribution < 1.29 is 9.53 Å². The van der Waals surface area contributed by atoms with Crippen LogP contribution in [0.5, 0.6) is 0 Å². The number of ether oxygens (including phenoxy) is 1. The van der Waals surface area contributed by atoms with E-state index in [1.165, 1.54) is 0 Å². The molecule has 1 aliphatic rings. The topological polar surface area (TPSA) is 90.1 Å². The molecule has 1 aliphatic heterocycles. The minimum absolute atomic E-state index is 0.0992. The molecule has 2 heterocycles. The van der Waals surface area contributed by atoms with E-state index in [4.69, 9.17) is 15.5 Å². The number of carbonyl (C=O) groups excluding carboxylic acids is 1. The zero-order valence-electron chi connectivity index (χ0n) is 17.1. The molecule has 1 fully saturated rings. The summed E-state index contributed by atoms with van der Waals surface area (Å²) in [7, 11) is 0. The van der Waals surface area contributed by atoms with Gasteiger partial charge in [-0.15, -0.1) is 0 Å². The summed E-state index contributed by atoms with van der Waals surface area (Å²) in [4.78, 5) is 21.8. The smallest absolute Gasteiger partial charge is 0.251 e. The van der Waals surface area contributed by atoms with E-state index in [0.717, 1.165) is 48.4 Å². The van der Waals surface area contributed by atoms with Crippen LogP contribution in [0.4, 0.5) is 5.82 Å². The standard InChI is InChI=1S/C24H26N4O2/c1-16-13-19(7-8-20(16)24(29)27-14-17-5-3-2-4-6-17)22-23(25)26-15-21(28-22)18-9-11-30-12-10-18/h2-8,13,15,18H,9-12,14H2,1H3,(H2,25,26)(H,27,29). The quantitative estimate of drug-likeness (QED) is 0.676. The lowest BCUT2D eigenvalue weighted by molar-refractivity contribution is 0.0844. The van der Waals surface area contributed by atoms with Crippen LogP contribution >= 0.6 is 0 Å². The Bertz CT molecular complexity index is 1030. The summed E-state index contributed by atoms with van der Waals surface area (Å²) in [6.45, 7) is 3.91. The molecule has 0 spiro atoms. The largest absolute Gasteiger partial charge is 0.382 e. The van der Waals surface area contributed by atoms with Gasteiger partial charge in [0.1, 0.15) is 11.5 Å². The second-order valence-corrected chi connectivity index (χ2v) is 7.61. The number of carbonyl (C=O) groups is 1. The van der Waals surface area contributed by atoms with Gasteiger partial charge >= 0.3 is 0 Å². The number of nitrogens with zero attached hydrogens (tertiary/aromatic N) is 2. The van der Waals surface area contributed by atoms with Gasteiger partial charge in [-0.3, -0.25) is 4.79 Å². The van der Waals surface area contributed by atoms with Gasteiger partial charge in [0.05, 0.1) is 11.9 Å². The number of nitrogens with two attached hydrogens (primary N) is 1. The van der Waals surface area contributed by atoms with Crippen molar-refractivity contribution in [3.8, 4) is 11.3 Å².